The fourth-order valence-electron chi connectivity index (χ4n) is 3.94. The molecule has 2 aromatic heterocycles. The van der Waals surface area contributed by atoms with E-state index in [9.17, 15) is 9.18 Å². The van der Waals surface area contributed by atoms with Gasteiger partial charge in [-0.25, -0.2) is 4.98 Å². The first-order valence-electron chi connectivity index (χ1n) is 9.74. The van der Waals surface area contributed by atoms with Crippen molar-refractivity contribution in [3.63, 3.8) is 0 Å². The molecule has 1 saturated carbocycles. The molecule has 0 N–H and O–H groups in total. The molecule has 144 valence electrons. The number of fused-ring (bicyclic) bond motifs is 1. The molecule has 3 aromatic rings. The van der Waals surface area contributed by atoms with Crippen LogP contribution in [0, 0.1) is 18.8 Å². The Hall–Kier alpha value is -2.73. The lowest BCUT2D eigenvalue weighted by Gasteiger charge is -2.38. The number of hydrogen-bond donors (Lipinski definition) is 0. The quantitative estimate of drug-likeness (QED) is 0.696. The third-order valence-corrected chi connectivity index (χ3v) is 5.66. The highest BCUT2D eigenvalue weighted by atomic mass is 19.1. The molecule has 3 heterocycles. The number of rotatable bonds is 3. The summed E-state index contributed by atoms with van der Waals surface area (Å²) in [4.78, 5) is 19.2. The minimum Gasteiger partial charge on any atom is -0.366 e. The van der Waals surface area contributed by atoms with E-state index in [2.05, 4.69) is 4.98 Å². The Labute approximate surface area is 162 Å². The van der Waals surface area contributed by atoms with Crippen LogP contribution in [0.15, 0.2) is 48.7 Å². The molecule has 2 atom stereocenters. The van der Waals surface area contributed by atoms with Crippen molar-refractivity contribution >= 4 is 11.6 Å². The fourth-order valence-corrected chi connectivity index (χ4v) is 3.94. The van der Waals surface area contributed by atoms with E-state index in [0.29, 0.717) is 24.7 Å². The number of imidazole rings is 1. The van der Waals surface area contributed by atoms with E-state index in [4.69, 9.17) is 4.74 Å². The number of halogens is 1. The highest BCUT2D eigenvalue weighted by molar-refractivity contribution is 5.93. The molecule has 28 heavy (non-hydrogen) atoms. The van der Waals surface area contributed by atoms with Gasteiger partial charge >= 0.3 is 0 Å². The standard InChI is InChI=1S/C22H22FN3O2/c1-14-9-10-26-19(11-14)24-20(21(26)23)22(27)25-12-17(15-5-3-2-4-6-15)28-18(13-25)16-7-8-16/h2-6,9-11,16-18H,7-8,12-13H2,1H3/t17-,18+/m0/s1. The molecule has 0 unspecified atom stereocenters. The zero-order valence-electron chi connectivity index (χ0n) is 15.7. The maximum Gasteiger partial charge on any atom is 0.277 e. The highest BCUT2D eigenvalue weighted by Crippen LogP contribution is 2.39. The Morgan fingerprint density at radius 2 is 1.96 bits per heavy atom. The Kier molecular flexibility index (Phi) is 4.16. The summed E-state index contributed by atoms with van der Waals surface area (Å²) < 4.78 is 22.5. The van der Waals surface area contributed by atoms with Crippen LogP contribution in [0.2, 0.25) is 0 Å². The summed E-state index contributed by atoms with van der Waals surface area (Å²) in [6.45, 7) is 2.80. The van der Waals surface area contributed by atoms with Crippen molar-refractivity contribution in [1.82, 2.24) is 14.3 Å². The molecule has 2 fully saturated rings. The van der Waals surface area contributed by atoms with Crippen LogP contribution in [-0.2, 0) is 4.74 Å². The molecular weight excluding hydrogens is 357 g/mol. The fraction of sp³-hybridized carbons (Fsp3) is 0.364. The number of pyridine rings is 1. The second-order valence-electron chi connectivity index (χ2n) is 7.80. The van der Waals surface area contributed by atoms with E-state index in [0.717, 1.165) is 24.0 Å². The summed E-state index contributed by atoms with van der Waals surface area (Å²) in [5, 5.41) is 0. The Morgan fingerprint density at radius 1 is 1.18 bits per heavy atom. The molecule has 1 aromatic carbocycles. The van der Waals surface area contributed by atoms with Crippen molar-refractivity contribution < 1.29 is 13.9 Å². The SMILES string of the molecule is Cc1ccn2c(F)c(C(=O)N3C[C@@H](c4ccccc4)O[C@@H](C4CC4)C3)nc2c1. The molecule has 6 heteroatoms. The van der Waals surface area contributed by atoms with Crippen molar-refractivity contribution in [1.29, 1.82) is 0 Å². The van der Waals surface area contributed by atoms with Crippen LogP contribution in [0.25, 0.3) is 5.65 Å². The number of benzene rings is 1. The second-order valence-corrected chi connectivity index (χ2v) is 7.80. The van der Waals surface area contributed by atoms with Crippen molar-refractivity contribution in [2.24, 2.45) is 5.92 Å². The Morgan fingerprint density at radius 3 is 2.71 bits per heavy atom. The van der Waals surface area contributed by atoms with E-state index < -0.39 is 5.95 Å². The number of morpholine rings is 1. The van der Waals surface area contributed by atoms with Gasteiger partial charge in [-0.15, -0.1) is 0 Å². The van der Waals surface area contributed by atoms with E-state index in [-0.39, 0.29) is 23.8 Å². The van der Waals surface area contributed by atoms with Gasteiger partial charge in [-0.05, 0) is 48.9 Å². The van der Waals surface area contributed by atoms with Gasteiger partial charge in [0.25, 0.3) is 5.91 Å². The summed E-state index contributed by atoms with van der Waals surface area (Å²) in [6, 6.07) is 13.5. The second kappa shape index (κ2) is 6.71. The third-order valence-electron chi connectivity index (χ3n) is 5.66. The normalized spacial score (nSPS) is 22.6. The number of carbonyl (C=O) groups excluding carboxylic acids is 1. The van der Waals surface area contributed by atoms with Gasteiger partial charge in [-0.3, -0.25) is 9.20 Å². The van der Waals surface area contributed by atoms with Crippen LogP contribution in [0.1, 0.15) is 40.6 Å². The largest absolute Gasteiger partial charge is 0.366 e. The molecule has 5 rings (SSSR count). The number of hydrogen-bond acceptors (Lipinski definition) is 3. The third kappa shape index (κ3) is 3.07. The topological polar surface area (TPSA) is 46.8 Å². The summed E-state index contributed by atoms with van der Waals surface area (Å²) in [7, 11) is 0. The lowest BCUT2D eigenvalue weighted by molar-refractivity contribution is -0.0865. The molecular formula is C22H22FN3O2. The van der Waals surface area contributed by atoms with Gasteiger partial charge in [-0.2, -0.15) is 4.39 Å². The van der Waals surface area contributed by atoms with Gasteiger partial charge in [0.15, 0.2) is 5.69 Å². The molecule has 2 aliphatic rings. The highest BCUT2D eigenvalue weighted by Gasteiger charge is 2.41. The van der Waals surface area contributed by atoms with Gasteiger partial charge in [0, 0.05) is 12.7 Å². The van der Waals surface area contributed by atoms with E-state index >= 15 is 0 Å². The van der Waals surface area contributed by atoms with Gasteiger partial charge in [0.1, 0.15) is 11.8 Å². The smallest absolute Gasteiger partial charge is 0.277 e. The van der Waals surface area contributed by atoms with Gasteiger partial charge in [0.2, 0.25) is 5.95 Å². The minimum absolute atomic E-state index is 0.00903. The van der Waals surface area contributed by atoms with Crippen LogP contribution in [0.3, 0.4) is 0 Å². The van der Waals surface area contributed by atoms with Crippen molar-refractivity contribution in [2.45, 2.75) is 32.0 Å². The number of aryl methyl sites for hydroxylation is 1. The molecule has 1 amide bonds. The summed E-state index contributed by atoms with van der Waals surface area (Å²) >= 11 is 0. The van der Waals surface area contributed by atoms with Gasteiger partial charge in [0.05, 0.1) is 12.6 Å². The molecule has 1 saturated heterocycles. The maximum absolute atomic E-state index is 14.9. The molecule has 1 aliphatic carbocycles. The number of nitrogens with zero attached hydrogens (tertiary/aromatic N) is 3. The molecule has 0 spiro atoms. The molecule has 1 aliphatic heterocycles. The van der Waals surface area contributed by atoms with E-state index in [1.807, 2.05) is 37.3 Å². The summed E-state index contributed by atoms with van der Waals surface area (Å²) in [5.41, 5.74) is 2.35. The Balaban J connectivity index is 1.47. The minimum atomic E-state index is -0.606. The van der Waals surface area contributed by atoms with Crippen molar-refractivity contribution in [3.05, 3.63) is 71.4 Å². The summed E-state index contributed by atoms with van der Waals surface area (Å²) in [6.07, 6.45) is 3.65. The monoisotopic (exact) mass is 379 g/mol. The average molecular weight is 379 g/mol. The van der Waals surface area contributed by atoms with Crippen molar-refractivity contribution in [2.75, 3.05) is 13.1 Å². The predicted molar refractivity (Wildman–Crippen MR) is 103 cm³/mol. The van der Waals surface area contributed by atoms with Crippen LogP contribution < -0.4 is 0 Å². The van der Waals surface area contributed by atoms with Gasteiger partial charge < -0.3 is 9.64 Å². The van der Waals surface area contributed by atoms with Crippen LogP contribution in [-0.4, -0.2) is 39.4 Å². The first-order valence-corrected chi connectivity index (χ1v) is 9.74. The van der Waals surface area contributed by atoms with Crippen LogP contribution in [0.5, 0.6) is 0 Å². The maximum atomic E-state index is 14.9. The Bertz CT molecular complexity index is 1030. The molecule has 0 bridgehead atoms. The zero-order chi connectivity index (χ0) is 19.3. The average Bonchev–Trinajstić information content (AvgIpc) is 3.52. The lowest BCUT2D eigenvalue weighted by Crippen LogP contribution is -2.48. The zero-order valence-corrected chi connectivity index (χ0v) is 15.7. The summed E-state index contributed by atoms with van der Waals surface area (Å²) in [5.74, 6) is -0.491. The molecule has 5 nitrogen and oxygen atoms in total. The number of amides is 1. The number of aromatic nitrogens is 2. The van der Waals surface area contributed by atoms with Crippen LogP contribution >= 0.6 is 0 Å². The van der Waals surface area contributed by atoms with Gasteiger partial charge in [-0.1, -0.05) is 30.3 Å². The van der Waals surface area contributed by atoms with Crippen molar-refractivity contribution in [3.8, 4) is 0 Å². The van der Waals surface area contributed by atoms with Crippen LogP contribution in [0.4, 0.5) is 4.39 Å². The predicted octanol–water partition coefficient (Wildman–Crippen LogP) is 3.77. The first-order chi connectivity index (χ1) is 13.6. The number of carbonyl (C=O) groups is 1. The lowest BCUT2D eigenvalue weighted by atomic mass is 10.0. The van der Waals surface area contributed by atoms with E-state index in [1.165, 1.54) is 4.40 Å². The van der Waals surface area contributed by atoms with E-state index in [1.54, 1.807) is 23.2 Å². The number of ether oxygens (including phenoxy) is 1. The molecule has 0 radical (unpaired) electrons. The first kappa shape index (κ1) is 17.4.